The van der Waals surface area contributed by atoms with Gasteiger partial charge in [-0.25, -0.2) is 4.79 Å². The maximum Gasteiger partial charge on any atom is 0.330 e. The van der Waals surface area contributed by atoms with E-state index in [1.807, 2.05) is 6.92 Å². The zero-order valence-corrected chi connectivity index (χ0v) is 11.7. The average molecular weight is 268 g/mol. The van der Waals surface area contributed by atoms with E-state index in [9.17, 15) is 14.4 Å². The standard InChI is InChI=1S/C12H20N4O3/c1-5-9(13)11(18)14(2)6-8-7-15(3)12(19)16(4)10(8)17/h7,9H,5-6,13H2,1-4H3. The highest BCUT2D eigenvalue weighted by Crippen LogP contribution is 2.00. The van der Waals surface area contributed by atoms with Crippen LogP contribution in [0, 0.1) is 0 Å². The van der Waals surface area contributed by atoms with Crippen molar-refractivity contribution in [1.29, 1.82) is 0 Å². The molecule has 2 N–H and O–H groups in total. The summed E-state index contributed by atoms with van der Waals surface area (Å²) in [6, 6.07) is -0.568. The zero-order valence-electron chi connectivity index (χ0n) is 11.7. The number of hydrogen-bond donors (Lipinski definition) is 1. The first-order valence-corrected chi connectivity index (χ1v) is 6.05. The smallest absolute Gasteiger partial charge is 0.330 e. The molecule has 1 aromatic rings. The molecule has 1 unspecified atom stereocenters. The number of hydrogen-bond acceptors (Lipinski definition) is 4. The topological polar surface area (TPSA) is 90.3 Å². The number of amides is 1. The lowest BCUT2D eigenvalue weighted by molar-refractivity contribution is -0.131. The van der Waals surface area contributed by atoms with Gasteiger partial charge in [-0.2, -0.15) is 0 Å². The van der Waals surface area contributed by atoms with Crippen LogP contribution in [0.25, 0.3) is 0 Å². The molecule has 106 valence electrons. The van der Waals surface area contributed by atoms with Crippen molar-refractivity contribution in [3.05, 3.63) is 32.6 Å². The summed E-state index contributed by atoms with van der Waals surface area (Å²) >= 11 is 0. The third kappa shape index (κ3) is 3.11. The van der Waals surface area contributed by atoms with Crippen LogP contribution in [0.15, 0.2) is 15.8 Å². The van der Waals surface area contributed by atoms with Crippen molar-refractivity contribution in [3.8, 4) is 0 Å². The summed E-state index contributed by atoms with van der Waals surface area (Å²) in [5.74, 6) is -0.224. The summed E-state index contributed by atoms with van der Waals surface area (Å²) in [7, 11) is 4.56. The van der Waals surface area contributed by atoms with Gasteiger partial charge in [-0.15, -0.1) is 0 Å². The highest BCUT2D eigenvalue weighted by molar-refractivity contribution is 5.81. The van der Waals surface area contributed by atoms with E-state index in [4.69, 9.17) is 5.73 Å². The normalized spacial score (nSPS) is 12.3. The lowest BCUT2D eigenvalue weighted by Gasteiger charge is -2.20. The van der Waals surface area contributed by atoms with Crippen LogP contribution in [-0.4, -0.2) is 33.0 Å². The molecule has 0 aromatic carbocycles. The third-order valence-corrected chi connectivity index (χ3v) is 3.06. The van der Waals surface area contributed by atoms with Crippen LogP contribution >= 0.6 is 0 Å². The molecule has 0 aliphatic heterocycles. The lowest BCUT2D eigenvalue weighted by Crippen LogP contribution is -2.44. The SMILES string of the molecule is CCC(N)C(=O)N(C)Cc1cn(C)c(=O)n(C)c1=O. The number of likely N-dealkylation sites (N-methyl/N-ethyl adjacent to an activating group) is 1. The van der Waals surface area contributed by atoms with Gasteiger partial charge in [-0.3, -0.25) is 14.2 Å². The largest absolute Gasteiger partial charge is 0.340 e. The summed E-state index contributed by atoms with van der Waals surface area (Å²) in [5, 5.41) is 0. The van der Waals surface area contributed by atoms with Crippen molar-refractivity contribution < 1.29 is 4.79 Å². The van der Waals surface area contributed by atoms with Crippen molar-refractivity contribution in [2.24, 2.45) is 19.8 Å². The Balaban J connectivity index is 3.05. The quantitative estimate of drug-likeness (QED) is 0.741. The average Bonchev–Trinajstić information content (AvgIpc) is 2.40. The Bertz CT molecular complexity index is 588. The molecule has 1 aromatic heterocycles. The maximum absolute atomic E-state index is 11.9. The Hall–Kier alpha value is -1.89. The zero-order chi connectivity index (χ0) is 14.7. The minimum atomic E-state index is -0.568. The molecular formula is C12H20N4O3. The molecule has 0 bridgehead atoms. The highest BCUT2D eigenvalue weighted by atomic mass is 16.2. The molecule has 1 atom stereocenters. The fourth-order valence-electron chi connectivity index (χ4n) is 1.78. The molecule has 7 nitrogen and oxygen atoms in total. The molecule has 0 fully saturated rings. The van der Waals surface area contributed by atoms with Gasteiger partial charge in [0, 0.05) is 27.3 Å². The van der Waals surface area contributed by atoms with E-state index in [1.165, 1.54) is 22.7 Å². The molecule has 1 rings (SSSR count). The van der Waals surface area contributed by atoms with Crippen LogP contribution < -0.4 is 17.0 Å². The molecule has 0 saturated carbocycles. The molecule has 1 heterocycles. The molecule has 0 aliphatic rings. The van der Waals surface area contributed by atoms with Crippen molar-refractivity contribution in [1.82, 2.24) is 14.0 Å². The number of carbonyl (C=O) groups is 1. The Morgan fingerprint density at radius 2 is 2.00 bits per heavy atom. The maximum atomic E-state index is 11.9. The van der Waals surface area contributed by atoms with Crippen LogP contribution in [0.2, 0.25) is 0 Å². The van der Waals surface area contributed by atoms with Gasteiger partial charge in [-0.05, 0) is 6.42 Å². The van der Waals surface area contributed by atoms with E-state index in [0.717, 1.165) is 4.57 Å². The van der Waals surface area contributed by atoms with Gasteiger partial charge in [0.2, 0.25) is 5.91 Å². The van der Waals surface area contributed by atoms with Crippen molar-refractivity contribution >= 4 is 5.91 Å². The summed E-state index contributed by atoms with van der Waals surface area (Å²) in [5.41, 5.74) is 5.25. The Morgan fingerprint density at radius 3 is 2.53 bits per heavy atom. The van der Waals surface area contributed by atoms with Crippen molar-refractivity contribution in [3.63, 3.8) is 0 Å². The monoisotopic (exact) mass is 268 g/mol. The molecule has 7 heteroatoms. The second-order valence-corrected chi connectivity index (χ2v) is 4.62. The number of nitrogens with two attached hydrogens (primary N) is 1. The van der Waals surface area contributed by atoms with Gasteiger partial charge >= 0.3 is 5.69 Å². The first-order chi connectivity index (χ1) is 8.79. The van der Waals surface area contributed by atoms with Gasteiger partial charge in [0.15, 0.2) is 0 Å². The predicted octanol–water partition coefficient (Wildman–Crippen LogP) is -1.22. The van der Waals surface area contributed by atoms with Crippen molar-refractivity contribution in [2.75, 3.05) is 7.05 Å². The Labute approximate surface area is 111 Å². The van der Waals surface area contributed by atoms with Crippen LogP contribution in [0.5, 0.6) is 0 Å². The molecular weight excluding hydrogens is 248 g/mol. The number of aryl methyl sites for hydroxylation is 1. The molecule has 19 heavy (non-hydrogen) atoms. The Morgan fingerprint density at radius 1 is 1.42 bits per heavy atom. The van der Waals surface area contributed by atoms with Crippen LogP contribution in [-0.2, 0) is 25.4 Å². The predicted molar refractivity (Wildman–Crippen MR) is 71.7 cm³/mol. The Kier molecular flexibility index (Phi) is 4.66. The number of rotatable bonds is 4. The van der Waals surface area contributed by atoms with Crippen molar-refractivity contribution in [2.45, 2.75) is 25.9 Å². The second kappa shape index (κ2) is 5.83. The lowest BCUT2D eigenvalue weighted by atomic mass is 10.2. The van der Waals surface area contributed by atoms with Gasteiger partial charge < -0.3 is 15.2 Å². The first kappa shape index (κ1) is 15.2. The van der Waals surface area contributed by atoms with E-state index in [2.05, 4.69) is 0 Å². The summed E-state index contributed by atoms with van der Waals surface area (Å²) in [6.45, 7) is 1.95. The van der Waals surface area contributed by atoms with Gasteiger partial charge in [0.05, 0.1) is 18.2 Å². The fraction of sp³-hybridized carbons (Fsp3) is 0.583. The minimum absolute atomic E-state index is 0.132. The molecule has 1 amide bonds. The van der Waals surface area contributed by atoms with E-state index in [1.54, 1.807) is 14.1 Å². The van der Waals surface area contributed by atoms with Crippen LogP contribution in [0.1, 0.15) is 18.9 Å². The number of nitrogens with zero attached hydrogens (tertiary/aromatic N) is 3. The summed E-state index contributed by atoms with van der Waals surface area (Å²) < 4.78 is 2.34. The number of carbonyl (C=O) groups excluding carboxylic acids is 1. The summed E-state index contributed by atoms with van der Waals surface area (Å²) in [6.07, 6.45) is 1.99. The van der Waals surface area contributed by atoms with Gasteiger partial charge in [0.25, 0.3) is 5.56 Å². The van der Waals surface area contributed by atoms with Gasteiger partial charge in [-0.1, -0.05) is 6.92 Å². The van der Waals surface area contributed by atoms with Gasteiger partial charge in [0.1, 0.15) is 0 Å². The summed E-state index contributed by atoms with van der Waals surface area (Å²) in [4.78, 5) is 36.7. The molecule has 0 radical (unpaired) electrons. The van der Waals surface area contributed by atoms with E-state index in [-0.39, 0.29) is 12.5 Å². The second-order valence-electron chi connectivity index (χ2n) is 4.62. The van der Waals surface area contributed by atoms with E-state index >= 15 is 0 Å². The molecule has 0 saturated heterocycles. The van der Waals surface area contributed by atoms with Crippen LogP contribution in [0.4, 0.5) is 0 Å². The van der Waals surface area contributed by atoms with Crippen LogP contribution in [0.3, 0.4) is 0 Å². The minimum Gasteiger partial charge on any atom is -0.340 e. The fourth-order valence-corrected chi connectivity index (χ4v) is 1.78. The van der Waals surface area contributed by atoms with E-state index < -0.39 is 17.3 Å². The van der Waals surface area contributed by atoms with E-state index in [0.29, 0.717) is 12.0 Å². The third-order valence-electron chi connectivity index (χ3n) is 3.06. The molecule has 0 spiro atoms. The number of aromatic nitrogens is 2. The molecule has 0 aliphatic carbocycles. The highest BCUT2D eigenvalue weighted by Gasteiger charge is 2.18. The first-order valence-electron chi connectivity index (χ1n) is 6.05.